The third-order valence-electron chi connectivity index (χ3n) is 2.98. The fraction of sp³-hybridized carbons (Fsp3) is 0.750. The number of nitrogens with zero attached hydrogens (tertiary/aromatic N) is 2. The summed E-state index contributed by atoms with van der Waals surface area (Å²) in [5.41, 5.74) is 6.70. The number of aryl methyl sites for hydroxylation is 1. The van der Waals surface area contributed by atoms with Crippen molar-refractivity contribution in [2.24, 2.45) is 5.73 Å². The summed E-state index contributed by atoms with van der Waals surface area (Å²) >= 11 is 1.78. The molecule has 1 fully saturated rings. The van der Waals surface area contributed by atoms with Gasteiger partial charge >= 0.3 is 0 Å². The van der Waals surface area contributed by atoms with E-state index in [1.54, 1.807) is 11.3 Å². The second-order valence-corrected chi connectivity index (χ2v) is 5.27. The van der Waals surface area contributed by atoms with Gasteiger partial charge in [0.05, 0.1) is 23.9 Å². The van der Waals surface area contributed by atoms with Crippen LogP contribution in [0.3, 0.4) is 0 Å². The Hall–Kier alpha value is -0.490. The van der Waals surface area contributed by atoms with Crippen molar-refractivity contribution in [3.63, 3.8) is 0 Å². The number of ether oxygens (including phenoxy) is 1. The van der Waals surface area contributed by atoms with E-state index in [-0.39, 0.29) is 0 Å². The van der Waals surface area contributed by atoms with Crippen LogP contribution in [0.25, 0.3) is 0 Å². The standard InChI is InChI=1S/C12H21N3OS/c13-4-1-2-11-10-17-12(14-11)3-5-15-6-8-16-9-7-15/h10H,1-9,13H2. The van der Waals surface area contributed by atoms with Crippen LogP contribution in [0.15, 0.2) is 5.38 Å². The van der Waals surface area contributed by atoms with Gasteiger partial charge in [-0.3, -0.25) is 4.90 Å². The van der Waals surface area contributed by atoms with E-state index in [1.165, 1.54) is 10.7 Å². The Balaban J connectivity index is 1.72. The molecule has 1 aliphatic rings. The summed E-state index contributed by atoms with van der Waals surface area (Å²) in [6, 6.07) is 0. The van der Waals surface area contributed by atoms with Crippen molar-refractivity contribution in [1.82, 2.24) is 9.88 Å². The quantitative estimate of drug-likeness (QED) is 0.821. The summed E-state index contributed by atoms with van der Waals surface area (Å²) in [5, 5.41) is 3.42. The van der Waals surface area contributed by atoms with Gasteiger partial charge in [0.2, 0.25) is 0 Å². The molecule has 5 heteroatoms. The van der Waals surface area contributed by atoms with Crippen LogP contribution >= 0.6 is 11.3 Å². The second kappa shape index (κ2) is 7.06. The fourth-order valence-electron chi connectivity index (χ4n) is 1.94. The summed E-state index contributed by atoms with van der Waals surface area (Å²) in [6.45, 7) is 5.73. The normalized spacial score (nSPS) is 17.5. The van der Waals surface area contributed by atoms with Crippen molar-refractivity contribution < 1.29 is 4.74 Å². The number of nitrogens with two attached hydrogens (primary N) is 1. The lowest BCUT2D eigenvalue weighted by molar-refractivity contribution is 0.0384. The Morgan fingerprint density at radius 2 is 2.18 bits per heavy atom. The molecule has 0 aromatic carbocycles. The van der Waals surface area contributed by atoms with Gasteiger partial charge < -0.3 is 10.5 Å². The van der Waals surface area contributed by atoms with Gasteiger partial charge in [0, 0.05) is 31.4 Å². The minimum absolute atomic E-state index is 0.751. The molecule has 1 aliphatic heterocycles. The molecule has 0 bridgehead atoms. The number of rotatable bonds is 6. The van der Waals surface area contributed by atoms with Crippen molar-refractivity contribution in [3.05, 3.63) is 16.1 Å². The van der Waals surface area contributed by atoms with Gasteiger partial charge in [-0.05, 0) is 19.4 Å². The molecule has 2 rings (SSSR count). The van der Waals surface area contributed by atoms with Crippen LogP contribution in [0.4, 0.5) is 0 Å². The summed E-state index contributed by atoms with van der Waals surface area (Å²) in [5.74, 6) is 0. The first-order valence-corrected chi connectivity index (χ1v) is 7.20. The molecule has 0 atom stereocenters. The summed E-state index contributed by atoms with van der Waals surface area (Å²) in [7, 11) is 0. The Morgan fingerprint density at radius 3 is 2.94 bits per heavy atom. The molecule has 0 aliphatic carbocycles. The zero-order chi connectivity index (χ0) is 11.9. The lowest BCUT2D eigenvalue weighted by Gasteiger charge is -2.25. The van der Waals surface area contributed by atoms with Crippen molar-refractivity contribution in [1.29, 1.82) is 0 Å². The van der Waals surface area contributed by atoms with E-state index in [1.807, 2.05) is 0 Å². The molecule has 0 unspecified atom stereocenters. The monoisotopic (exact) mass is 255 g/mol. The molecule has 4 nitrogen and oxygen atoms in total. The van der Waals surface area contributed by atoms with Crippen LogP contribution in [0.1, 0.15) is 17.1 Å². The Labute approximate surface area is 107 Å². The van der Waals surface area contributed by atoms with Gasteiger partial charge in [-0.25, -0.2) is 4.98 Å². The molecule has 0 radical (unpaired) electrons. The smallest absolute Gasteiger partial charge is 0.0941 e. The molecule has 17 heavy (non-hydrogen) atoms. The Kier molecular flexibility index (Phi) is 5.38. The minimum Gasteiger partial charge on any atom is -0.379 e. The third kappa shape index (κ3) is 4.35. The van der Waals surface area contributed by atoms with Crippen LogP contribution in [-0.4, -0.2) is 49.3 Å². The first kappa shape index (κ1) is 13.0. The van der Waals surface area contributed by atoms with E-state index in [4.69, 9.17) is 10.5 Å². The maximum absolute atomic E-state index is 5.50. The van der Waals surface area contributed by atoms with Crippen molar-refractivity contribution >= 4 is 11.3 Å². The topological polar surface area (TPSA) is 51.4 Å². The lowest BCUT2D eigenvalue weighted by Crippen LogP contribution is -2.37. The van der Waals surface area contributed by atoms with Crippen LogP contribution in [0.5, 0.6) is 0 Å². The van der Waals surface area contributed by atoms with Crippen molar-refractivity contribution in [2.75, 3.05) is 39.4 Å². The van der Waals surface area contributed by atoms with Gasteiger partial charge in [0.1, 0.15) is 0 Å². The lowest BCUT2D eigenvalue weighted by atomic mass is 10.2. The van der Waals surface area contributed by atoms with Crippen molar-refractivity contribution in [3.8, 4) is 0 Å². The zero-order valence-electron chi connectivity index (χ0n) is 10.2. The number of thiazole rings is 1. The first-order chi connectivity index (χ1) is 8.38. The van der Waals surface area contributed by atoms with Crippen LogP contribution in [-0.2, 0) is 17.6 Å². The van der Waals surface area contributed by atoms with Gasteiger partial charge in [-0.2, -0.15) is 0 Å². The number of hydrogen-bond donors (Lipinski definition) is 1. The fourth-order valence-corrected chi connectivity index (χ4v) is 2.76. The molecule has 0 spiro atoms. The highest BCUT2D eigenvalue weighted by Gasteiger charge is 2.10. The van der Waals surface area contributed by atoms with Gasteiger partial charge in [0.15, 0.2) is 0 Å². The maximum Gasteiger partial charge on any atom is 0.0941 e. The predicted octanol–water partition coefficient (Wildman–Crippen LogP) is 0.909. The average Bonchev–Trinajstić information content (AvgIpc) is 2.83. The average molecular weight is 255 g/mol. The van der Waals surface area contributed by atoms with E-state index in [9.17, 15) is 0 Å². The summed E-state index contributed by atoms with van der Waals surface area (Å²) in [6.07, 6.45) is 3.12. The zero-order valence-corrected chi connectivity index (χ0v) is 11.0. The van der Waals surface area contributed by atoms with Gasteiger partial charge in [-0.1, -0.05) is 0 Å². The number of aromatic nitrogens is 1. The Morgan fingerprint density at radius 1 is 1.35 bits per heavy atom. The van der Waals surface area contributed by atoms with Crippen LogP contribution in [0, 0.1) is 0 Å². The summed E-state index contributed by atoms with van der Waals surface area (Å²) in [4.78, 5) is 7.09. The molecule has 0 saturated carbocycles. The van der Waals surface area contributed by atoms with Gasteiger partial charge in [0.25, 0.3) is 0 Å². The van der Waals surface area contributed by atoms with Crippen LogP contribution < -0.4 is 5.73 Å². The van der Waals surface area contributed by atoms with E-state index in [0.29, 0.717) is 0 Å². The highest BCUT2D eigenvalue weighted by molar-refractivity contribution is 7.09. The molecular weight excluding hydrogens is 234 g/mol. The van der Waals surface area contributed by atoms with E-state index in [2.05, 4.69) is 15.3 Å². The molecule has 2 N–H and O–H groups in total. The van der Waals surface area contributed by atoms with E-state index >= 15 is 0 Å². The van der Waals surface area contributed by atoms with Crippen LogP contribution in [0.2, 0.25) is 0 Å². The number of hydrogen-bond acceptors (Lipinski definition) is 5. The maximum atomic E-state index is 5.50. The van der Waals surface area contributed by atoms with Gasteiger partial charge in [-0.15, -0.1) is 11.3 Å². The summed E-state index contributed by atoms with van der Waals surface area (Å²) < 4.78 is 5.33. The molecule has 0 amide bonds. The molecule has 1 aromatic heterocycles. The third-order valence-corrected chi connectivity index (χ3v) is 3.94. The minimum atomic E-state index is 0.751. The van der Waals surface area contributed by atoms with E-state index < -0.39 is 0 Å². The predicted molar refractivity (Wildman–Crippen MR) is 70.5 cm³/mol. The molecule has 96 valence electrons. The first-order valence-electron chi connectivity index (χ1n) is 6.32. The van der Waals surface area contributed by atoms with E-state index in [0.717, 1.165) is 58.7 Å². The molecule has 2 heterocycles. The molecule has 1 saturated heterocycles. The number of morpholine rings is 1. The molecule has 1 aromatic rings. The largest absolute Gasteiger partial charge is 0.379 e. The highest BCUT2D eigenvalue weighted by Crippen LogP contribution is 2.12. The highest BCUT2D eigenvalue weighted by atomic mass is 32.1. The second-order valence-electron chi connectivity index (χ2n) is 4.33. The van der Waals surface area contributed by atoms with Crippen molar-refractivity contribution in [2.45, 2.75) is 19.3 Å². The molecular formula is C12H21N3OS. The Bertz CT molecular complexity index is 323. The SMILES string of the molecule is NCCCc1csc(CCN2CCOCC2)n1.